The molecule has 0 saturated carbocycles. The van der Waals surface area contributed by atoms with E-state index in [1.165, 1.54) is 11.1 Å². The van der Waals surface area contributed by atoms with E-state index >= 15 is 0 Å². The molecule has 1 aromatic carbocycles. The number of carbonyl (C=O) groups is 1. The van der Waals surface area contributed by atoms with Gasteiger partial charge >= 0.3 is 0 Å². The standard InChI is InChI=1S/C23H24N4O/c1-16-11-20(18-7-4-3-5-8-18)12-21(26-16)19-9-6-10-27(15-19)23(28)22-14-24-17(2)13-25-22/h3-5,7-8,11-14,19H,6,9-10,15H2,1-2H3. The second-order valence-corrected chi connectivity index (χ2v) is 7.42. The van der Waals surface area contributed by atoms with Crippen LogP contribution in [-0.4, -0.2) is 38.8 Å². The molecule has 142 valence electrons. The van der Waals surface area contributed by atoms with Gasteiger partial charge < -0.3 is 4.90 Å². The van der Waals surface area contributed by atoms with Gasteiger partial charge in [0, 0.05) is 36.6 Å². The van der Waals surface area contributed by atoms with Gasteiger partial charge in [0.1, 0.15) is 5.69 Å². The Bertz CT molecular complexity index is 970. The minimum absolute atomic E-state index is 0.0480. The quantitative estimate of drug-likeness (QED) is 0.692. The second-order valence-electron chi connectivity index (χ2n) is 7.42. The zero-order valence-electron chi connectivity index (χ0n) is 16.3. The molecule has 0 spiro atoms. The van der Waals surface area contributed by atoms with E-state index in [0.717, 1.165) is 36.5 Å². The molecule has 2 aromatic heterocycles. The fourth-order valence-electron chi connectivity index (χ4n) is 3.77. The SMILES string of the molecule is Cc1cnc(C(=O)N2CCCC(c3cc(-c4ccccc4)cc(C)n3)C2)cn1. The molecule has 0 N–H and O–H groups in total. The van der Waals surface area contributed by atoms with Gasteiger partial charge in [-0.3, -0.25) is 14.8 Å². The van der Waals surface area contributed by atoms with Crippen LogP contribution in [0.3, 0.4) is 0 Å². The molecular weight excluding hydrogens is 348 g/mol. The molecule has 28 heavy (non-hydrogen) atoms. The van der Waals surface area contributed by atoms with Crippen molar-refractivity contribution in [2.24, 2.45) is 0 Å². The second kappa shape index (κ2) is 7.89. The van der Waals surface area contributed by atoms with E-state index in [-0.39, 0.29) is 11.8 Å². The van der Waals surface area contributed by atoms with Crippen molar-refractivity contribution in [3.63, 3.8) is 0 Å². The van der Waals surface area contributed by atoms with Crippen molar-refractivity contribution in [1.82, 2.24) is 19.9 Å². The van der Waals surface area contributed by atoms with Crippen molar-refractivity contribution >= 4 is 5.91 Å². The Balaban J connectivity index is 1.57. The van der Waals surface area contributed by atoms with E-state index in [9.17, 15) is 4.79 Å². The lowest BCUT2D eigenvalue weighted by Crippen LogP contribution is -2.39. The Morgan fingerprint density at radius 3 is 2.57 bits per heavy atom. The van der Waals surface area contributed by atoms with Crippen LogP contribution < -0.4 is 0 Å². The molecule has 1 fully saturated rings. The van der Waals surface area contributed by atoms with Crippen molar-refractivity contribution in [3.05, 3.63) is 77.6 Å². The summed E-state index contributed by atoms with van der Waals surface area (Å²) in [5.41, 5.74) is 5.65. The lowest BCUT2D eigenvalue weighted by atomic mass is 9.92. The van der Waals surface area contributed by atoms with E-state index < -0.39 is 0 Å². The third-order valence-corrected chi connectivity index (χ3v) is 5.21. The van der Waals surface area contributed by atoms with Crippen LogP contribution in [0, 0.1) is 13.8 Å². The molecule has 1 amide bonds. The summed E-state index contributed by atoms with van der Waals surface area (Å²) in [5.74, 6) is 0.187. The number of amides is 1. The third kappa shape index (κ3) is 3.93. The van der Waals surface area contributed by atoms with Crippen molar-refractivity contribution in [2.45, 2.75) is 32.6 Å². The van der Waals surface area contributed by atoms with Crippen molar-refractivity contribution in [3.8, 4) is 11.1 Å². The first-order chi connectivity index (χ1) is 13.6. The van der Waals surface area contributed by atoms with Crippen LogP contribution in [-0.2, 0) is 0 Å². The molecule has 1 saturated heterocycles. The number of rotatable bonds is 3. The fourth-order valence-corrected chi connectivity index (χ4v) is 3.77. The Morgan fingerprint density at radius 2 is 1.82 bits per heavy atom. The third-order valence-electron chi connectivity index (χ3n) is 5.21. The highest BCUT2D eigenvalue weighted by atomic mass is 16.2. The monoisotopic (exact) mass is 372 g/mol. The molecule has 3 heterocycles. The minimum atomic E-state index is -0.0480. The Morgan fingerprint density at radius 1 is 1.00 bits per heavy atom. The maximum absolute atomic E-state index is 12.8. The van der Waals surface area contributed by atoms with Crippen LogP contribution in [0.2, 0.25) is 0 Å². The number of nitrogens with zero attached hydrogens (tertiary/aromatic N) is 4. The van der Waals surface area contributed by atoms with Crippen molar-refractivity contribution in [1.29, 1.82) is 0 Å². The van der Waals surface area contributed by atoms with Crippen LogP contribution in [0.15, 0.2) is 54.9 Å². The number of aryl methyl sites for hydroxylation is 2. The van der Waals surface area contributed by atoms with Crippen LogP contribution in [0.1, 0.15) is 46.3 Å². The highest BCUT2D eigenvalue weighted by Gasteiger charge is 2.27. The predicted molar refractivity (Wildman–Crippen MR) is 109 cm³/mol. The number of benzene rings is 1. The molecule has 4 rings (SSSR count). The first-order valence-corrected chi connectivity index (χ1v) is 9.72. The molecule has 0 bridgehead atoms. The summed E-state index contributed by atoms with van der Waals surface area (Å²) in [4.78, 5) is 28.0. The van der Waals surface area contributed by atoms with Gasteiger partial charge in [-0.2, -0.15) is 0 Å². The lowest BCUT2D eigenvalue weighted by Gasteiger charge is -2.32. The average Bonchev–Trinajstić information content (AvgIpc) is 2.74. The van der Waals surface area contributed by atoms with Gasteiger partial charge in [-0.1, -0.05) is 30.3 Å². The van der Waals surface area contributed by atoms with Gasteiger partial charge in [0.15, 0.2) is 0 Å². The highest BCUT2D eigenvalue weighted by molar-refractivity contribution is 5.92. The first-order valence-electron chi connectivity index (χ1n) is 9.72. The lowest BCUT2D eigenvalue weighted by molar-refractivity contribution is 0.0699. The maximum atomic E-state index is 12.8. The molecule has 3 aromatic rings. The van der Waals surface area contributed by atoms with E-state index in [1.807, 2.05) is 36.9 Å². The summed E-state index contributed by atoms with van der Waals surface area (Å²) in [5, 5.41) is 0. The summed E-state index contributed by atoms with van der Waals surface area (Å²) in [7, 11) is 0. The molecule has 1 unspecified atom stereocenters. The topological polar surface area (TPSA) is 59.0 Å². The molecule has 1 atom stereocenters. The Hall–Kier alpha value is -3.08. The zero-order chi connectivity index (χ0) is 19.5. The minimum Gasteiger partial charge on any atom is -0.337 e. The fraction of sp³-hybridized carbons (Fsp3) is 0.304. The van der Waals surface area contributed by atoms with Gasteiger partial charge in [0.25, 0.3) is 5.91 Å². The summed E-state index contributed by atoms with van der Waals surface area (Å²) in [6.45, 7) is 5.32. The van der Waals surface area contributed by atoms with E-state index in [4.69, 9.17) is 4.98 Å². The Kier molecular flexibility index (Phi) is 5.15. The van der Waals surface area contributed by atoms with Gasteiger partial charge in [-0.25, -0.2) is 4.98 Å². The largest absolute Gasteiger partial charge is 0.337 e. The highest BCUT2D eigenvalue weighted by Crippen LogP contribution is 2.30. The number of carbonyl (C=O) groups excluding carboxylic acids is 1. The van der Waals surface area contributed by atoms with E-state index in [1.54, 1.807) is 12.4 Å². The number of aromatic nitrogens is 3. The van der Waals surface area contributed by atoms with Gasteiger partial charge in [0.05, 0.1) is 11.9 Å². The number of pyridine rings is 1. The predicted octanol–water partition coefficient (Wildman–Crippen LogP) is 4.18. The number of piperidine rings is 1. The normalized spacial score (nSPS) is 16.8. The van der Waals surface area contributed by atoms with Gasteiger partial charge in [-0.05, 0) is 49.9 Å². The van der Waals surface area contributed by atoms with Crippen LogP contribution in [0.5, 0.6) is 0 Å². The first kappa shape index (κ1) is 18.3. The van der Waals surface area contributed by atoms with Crippen LogP contribution in [0.25, 0.3) is 11.1 Å². The van der Waals surface area contributed by atoms with Crippen LogP contribution in [0.4, 0.5) is 0 Å². The maximum Gasteiger partial charge on any atom is 0.274 e. The number of hydrogen-bond acceptors (Lipinski definition) is 4. The molecule has 0 aliphatic carbocycles. The average molecular weight is 372 g/mol. The summed E-state index contributed by atoms with van der Waals surface area (Å²) in [6, 6.07) is 14.6. The number of hydrogen-bond donors (Lipinski definition) is 0. The molecule has 0 radical (unpaired) electrons. The molecular formula is C23H24N4O. The summed E-state index contributed by atoms with van der Waals surface area (Å²) < 4.78 is 0. The smallest absolute Gasteiger partial charge is 0.274 e. The molecule has 5 nitrogen and oxygen atoms in total. The summed E-state index contributed by atoms with van der Waals surface area (Å²) in [6.07, 6.45) is 5.21. The number of likely N-dealkylation sites (tertiary alicyclic amines) is 1. The van der Waals surface area contributed by atoms with Gasteiger partial charge in [-0.15, -0.1) is 0 Å². The molecule has 1 aliphatic heterocycles. The van der Waals surface area contributed by atoms with Crippen molar-refractivity contribution < 1.29 is 4.79 Å². The van der Waals surface area contributed by atoms with Gasteiger partial charge in [0.2, 0.25) is 0 Å². The molecule has 1 aliphatic rings. The van der Waals surface area contributed by atoms with E-state index in [0.29, 0.717) is 12.2 Å². The van der Waals surface area contributed by atoms with Crippen LogP contribution >= 0.6 is 0 Å². The van der Waals surface area contributed by atoms with E-state index in [2.05, 4.69) is 34.2 Å². The molecule has 5 heteroatoms. The Labute approximate surface area is 165 Å². The summed E-state index contributed by atoms with van der Waals surface area (Å²) >= 11 is 0. The zero-order valence-corrected chi connectivity index (χ0v) is 16.3. The van der Waals surface area contributed by atoms with Crippen molar-refractivity contribution in [2.75, 3.05) is 13.1 Å².